The van der Waals surface area contributed by atoms with Crippen LogP contribution in [0, 0.1) is 5.92 Å². The lowest BCUT2D eigenvalue weighted by molar-refractivity contribution is 0.0526. The zero-order valence-corrected chi connectivity index (χ0v) is 12.9. The predicted octanol–water partition coefficient (Wildman–Crippen LogP) is 3.68. The van der Waals surface area contributed by atoms with Crippen LogP contribution in [0.15, 0.2) is 18.2 Å². The van der Waals surface area contributed by atoms with Gasteiger partial charge in [-0.3, -0.25) is 0 Å². The van der Waals surface area contributed by atoms with Crippen molar-refractivity contribution in [2.24, 2.45) is 5.92 Å². The van der Waals surface area contributed by atoms with E-state index in [1.165, 1.54) is 0 Å². The topological polar surface area (TPSA) is 64.3 Å². The van der Waals surface area contributed by atoms with Gasteiger partial charge in [0.25, 0.3) is 0 Å². The first-order valence-electron chi connectivity index (χ1n) is 7.27. The number of nitrogens with two attached hydrogens (primary N) is 1. The predicted molar refractivity (Wildman–Crippen MR) is 84.0 cm³/mol. The summed E-state index contributed by atoms with van der Waals surface area (Å²) in [5, 5.41) is 3.37. The van der Waals surface area contributed by atoms with Crippen molar-refractivity contribution in [1.29, 1.82) is 0 Å². The Hall–Kier alpha value is -1.71. The van der Waals surface area contributed by atoms with Crippen LogP contribution in [0.3, 0.4) is 0 Å². The number of carbonyl (C=O) groups is 1. The molecule has 0 aromatic heterocycles. The monoisotopic (exact) mass is 278 g/mol. The van der Waals surface area contributed by atoms with E-state index in [2.05, 4.69) is 26.1 Å². The summed E-state index contributed by atoms with van der Waals surface area (Å²) in [6, 6.07) is 5.51. The Kier molecular flexibility index (Phi) is 6.36. The number of benzene rings is 1. The van der Waals surface area contributed by atoms with E-state index in [1.54, 1.807) is 25.1 Å². The molecule has 1 atom stereocenters. The molecule has 1 rings (SSSR count). The number of nitrogens with one attached hydrogen (secondary N) is 1. The minimum Gasteiger partial charge on any atom is -0.462 e. The molecule has 0 spiro atoms. The van der Waals surface area contributed by atoms with Crippen LogP contribution in [0.5, 0.6) is 0 Å². The molecule has 0 aliphatic carbocycles. The van der Waals surface area contributed by atoms with Gasteiger partial charge < -0.3 is 15.8 Å². The SMILES string of the molecule is CCOC(=O)c1ccc(N)c(NC(C)CCC(C)C)c1. The summed E-state index contributed by atoms with van der Waals surface area (Å²) in [4.78, 5) is 11.7. The summed E-state index contributed by atoms with van der Waals surface area (Å²) in [5.74, 6) is 0.368. The first-order valence-corrected chi connectivity index (χ1v) is 7.27. The minimum absolute atomic E-state index is 0.314. The van der Waals surface area contributed by atoms with Gasteiger partial charge in [-0.1, -0.05) is 13.8 Å². The van der Waals surface area contributed by atoms with Gasteiger partial charge >= 0.3 is 5.97 Å². The molecule has 1 unspecified atom stereocenters. The Morgan fingerprint density at radius 1 is 1.30 bits per heavy atom. The molecule has 0 amide bonds. The molecule has 4 nitrogen and oxygen atoms in total. The normalized spacial score (nSPS) is 12.2. The van der Waals surface area contributed by atoms with Crippen LogP contribution in [-0.2, 0) is 4.74 Å². The van der Waals surface area contributed by atoms with E-state index < -0.39 is 0 Å². The Bertz CT molecular complexity index is 444. The number of hydrogen-bond acceptors (Lipinski definition) is 4. The molecule has 1 aromatic carbocycles. The first-order chi connectivity index (χ1) is 9.43. The molecule has 0 fully saturated rings. The summed E-state index contributed by atoms with van der Waals surface area (Å²) in [5.41, 5.74) is 7.93. The highest BCUT2D eigenvalue weighted by Crippen LogP contribution is 2.22. The Balaban J connectivity index is 2.73. The molecule has 112 valence electrons. The van der Waals surface area contributed by atoms with E-state index in [0.29, 0.717) is 29.8 Å². The number of nitrogen functional groups attached to an aromatic ring is 1. The molecular formula is C16H26N2O2. The summed E-state index contributed by atoms with van der Waals surface area (Å²) in [6.45, 7) is 8.71. The molecule has 0 bridgehead atoms. The molecule has 0 aliphatic heterocycles. The van der Waals surface area contributed by atoms with Crippen molar-refractivity contribution in [2.45, 2.75) is 46.6 Å². The van der Waals surface area contributed by atoms with Crippen molar-refractivity contribution >= 4 is 17.3 Å². The molecule has 1 aromatic rings. The minimum atomic E-state index is -0.314. The van der Waals surface area contributed by atoms with Crippen molar-refractivity contribution in [3.63, 3.8) is 0 Å². The highest BCUT2D eigenvalue weighted by Gasteiger charge is 2.11. The standard InChI is InChI=1S/C16H26N2O2/c1-5-20-16(19)13-8-9-14(17)15(10-13)18-12(4)7-6-11(2)3/h8-12,18H,5-7,17H2,1-4H3. The van der Waals surface area contributed by atoms with Crippen molar-refractivity contribution in [3.8, 4) is 0 Å². The summed E-state index contributed by atoms with van der Waals surface area (Å²) < 4.78 is 5.00. The number of esters is 1. The number of rotatable bonds is 7. The fraction of sp³-hybridized carbons (Fsp3) is 0.562. The van der Waals surface area contributed by atoms with Crippen molar-refractivity contribution in [3.05, 3.63) is 23.8 Å². The molecule has 0 aliphatic rings. The molecule has 20 heavy (non-hydrogen) atoms. The van der Waals surface area contributed by atoms with Gasteiger partial charge in [0.1, 0.15) is 0 Å². The zero-order valence-electron chi connectivity index (χ0n) is 12.9. The third-order valence-electron chi connectivity index (χ3n) is 3.14. The van der Waals surface area contributed by atoms with Crippen LogP contribution >= 0.6 is 0 Å². The van der Waals surface area contributed by atoms with E-state index in [-0.39, 0.29) is 5.97 Å². The fourth-order valence-electron chi connectivity index (χ4n) is 1.94. The maximum atomic E-state index is 11.7. The van der Waals surface area contributed by atoms with E-state index in [4.69, 9.17) is 10.5 Å². The Morgan fingerprint density at radius 2 is 2.00 bits per heavy atom. The third kappa shape index (κ3) is 5.11. The van der Waals surface area contributed by atoms with Gasteiger partial charge in [-0.2, -0.15) is 0 Å². The lowest BCUT2D eigenvalue weighted by Crippen LogP contribution is -2.17. The lowest BCUT2D eigenvalue weighted by atomic mass is 10.0. The number of anilines is 2. The molecule has 4 heteroatoms. The second kappa shape index (κ2) is 7.78. The van der Waals surface area contributed by atoms with Crippen LogP contribution in [0.2, 0.25) is 0 Å². The van der Waals surface area contributed by atoms with Crippen LogP contribution < -0.4 is 11.1 Å². The van der Waals surface area contributed by atoms with Crippen LogP contribution in [0.4, 0.5) is 11.4 Å². The zero-order chi connectivity index (χ0) is 15.1. The molecule has 0 heterocycles. The highest BCUT2D eigenvalue weighted by molar-refractivity contribution is 5.92. The van der Waals surface area contributed by atoms with Gasteiger partial charge in [-0.05, 0) is 50.8 Å². The maximum Gasteiger partial charge on any atom is 0.338 e. The average Bonchev–Trinajstić information content (AvgIpc) is 2.39. The molecule has 3 N–H and O–H groups in total. The summed E-state index contributed by atoms with van der Waals surface area (Å²) in [7, 11) is 0. The lowest BCUT2D eigenvalue weighted by Gasteiger charge is -2.18. The highest BCUT2D eigenvalue weighted by atomic mass is 16.5. The molecule has 0 saturated carbocycles. The fourth-order valence-corrected chi connectivity index (χ4v) is 1.94. The number of carbonyl (C=O) groups excluding carboxylic acids is 1. The largest absolute Gasteiger partial charge is 0.462 e. The van der Waals surface area contributed by atoms with E-state index >= 15 is 0 Å². The van der Waals surface area contributed by atoms with E-state index in [1.807, 2.05) is 0 Å². The second-order valence-electron chi connectivity index (χ2n) is 5.54. The smallest absolute Gasteiger partial charge is 0.338 e. The summed E-state index contributed by atoms with van der Waals surface area (Å²) >= 11 is 0. The number of ether oxygens (including phenoxy) is 1. The third-order valence-corrected chi connectivity index (χ3v) is 3.14. The van der Waals surface area contributed by atoms with E-state index in [0.717, 1.165) is 18.5 Å². The average molecular weight is 278 g/mol. The molecule has 0 saturated heterocycles. The van der Waals surface area contributed by atoms with Gasteiger partial charge in [0, 0.05) is 6.04 Å². The van der Waals surface area contributed by atoms with Gasteiger partial charge in [-0.25, -0.2) is 4.79 Å². The van der Waals surface area contributed by atoms with Gasteiger partial charge in [0.05, 0.1) is 23.5 Å². The van der Waals surface area contributed by atoms with Gasteiger partial charge in [0.2, 0.25) is 0 Å². The van der Waals surface area contributed by atoms with Crippen molar-refractivity contribution < 1.29 is 9.53 Å². The quantitative estimate of drug-likeness (QED) is 0.590. The van der Waals surface area contributed by atoms with Crippen molar-refractivity contribution in [2.75, 3.05) is 17.7 Å². The van der Waals surface area contributed by atoms with E-state index in [9.17, 15) is 4.79 Å². The molecule has 0 radical (unpaired) electrons. The first kappa shape index (κ1) is 16.3. The van der Waals surface area contributed by atoms with Crippen LogP contribution in [0.25, 0.3) is 0 Å². The Labute approximate surface area is 121 Å². The molecular weight excluding hydrogens is 252 g/mol. The van der Waals surface area contributed by atoms with Gasteiger partial charge in [0.15, 0.2) is 0 Å². The summed E-state index contributed by atoms with van der Waals surface area (Å²) in [6.07, 6.45) is 2.23. The van der Waals surface area contributed by atoms with Gasteiger partial charge in [-0.15, -0.1) is 0 Å². The van der Waals surface area contributed by atoms with Crippen LogP contribution in [0.1, 0.15) is 50.9 Å². The Morgan fingerprint density at radius 3 is 2.60 bits per heavy atom. The van der Waals surface area contributed by atoms with Crippen LogP contribution in [-0.4, -0.2) is 18.6 Å². The maximum absolute atomic E-state index is 11.7. The van der Waals surface area contributed by atoms with Crippen molar-refractivity contribution in [1.82, 2.24) is 0 Å². The second-order valence-corrected chi connectivity index (χ2v) is 5.54. The number of hydrogen-bond donors (Lipinski definition) is 2.